The van der Waals surface area contributed by atoms with E-state index in [1.165, 1.54) is 24.0 Å². The SMILES string of the molecule is CCc1nc2sc(C(c3cccc(C)c3)N3CCC(C(=O)OC)CC3)c(O)n2n1. The number of aromatic hydroxyl groups is 1. The van der Waals surface area contributed by atoms with Crippen LogP contribution in [0.4, 0.5) is 0 Å². The Hall–Kier alpha value is -2.45. The van der Waals surface area contributed by atoms with Crippen LogP contribution in [0.1, 0.15) is 47.6 Å². The molecule has 0 radical (unpaired) electrons. The summed E-state index contributed by atoms with van der Waals surface area (Å²) in [4.78, 5) is 20.3. The largest absolute Gasteiger partial charge is 0.492 e. The summed E-state index contributed by atoms with van der Waals surface area (Å²) in [6, 6.07) is 8.26. The molecule has 0 aliphatic carbocycles. The van der Waals surface area contributed by atoms with E-state index in [9.17, 15) is 9.90 Å². The van der Waals surface area contributed by atoms with E-state index in [1.807, 2.05) is 13.0 Å². The highest BCUT2D eigenvalue weighted by molar-refractivity contribution is 7.17. The van der Waals surface area contributed by atoms with Gasteiger partial charge in [-0.25, -0.2) is 4.98 Å². The monoisotopic (exact) mass is 414 g/mol. The van der Waals surface area contributed by atoms with Crippen LogP contribution in [0.5, 0.6) is 5.88 Å². The zero-order valence-corrected chi connectivity index (χ0v) is 17.8. The van der Waals surface area contributed by atoms with E-state index in [1.54, 1.807) is 4.52 Å². The number of carbonyl (C=O) groups excluding carboxylic acids is 1. The van der Waals surface area contributed by atoms with E-state index < -0.39 is 0 Å². The van der Waals surface area contributed by atoms with Crippen LogP contribution in [0, 0.1) is 12.8 Å². The number of methoxy groups -OCH3 is 1. The summed E-state index contributed by atoms with van der Waals surface area (Å²) in [7, 11) is 1.45. The molecule has 1 aromatic carbocycles. The molecule has 4 rings (SSSR count). The maximum atomic E-state index is 11.9. The lowest BCUT2D eigenvalue weighted by Gasteiger charge is -2.36. The van der Waals surface area contributed by atoms with Gasteiger partial charge in [-0.3, -0.25) is 9.69 Å². The number of ether oxygens (including phenoxy) is 1. The van der Waals surface area contributed by atoms with Crippen molar-refractivity contribution in [2.24, 2.45) is 5.92 Å². The second-order valence-electron chi connectivity index (χ2n) is 7.52. The molecule has 8 heteroatoms. The zero-order valence-electron chi connectivity index (χ0n) is 17.0. The maximum absolute atomic E-state index is 11.9. The van der Waals surface area contributed by atoms with Crippen LogP contribution in [0.15, 0.2) is 24.3 Å². The molecule has 1 N–H and O–H groups in total. The molecule has 1 aliphatic rings. The molecule has 1 atom stereocenters. The number of hydrogen-bond acceptors (Lipinski definition) is 7. The summed E-state index contributed by atoms with van der Waals surface area (Å²) >= 11 is 1.48. The Morgan fingerprint density at radius 1 is 1.38 bits per heavy atom. The van der Waals surface area contributed by atoms with Crippen LogP contribution in [0.2, 0.25) is 0 Å². The van der Waals surface area contributed by atoms with E-state index in [0.29, 0.717) is 4.96 Å². The normalized spacial score (nSPS) is 16.9. The van der Waals surface area contributed by atoms with Gasteiger partial charge in [0, 0.05) is 6.42 Å². The lowest BCUT2D eigenvalue weighted by atomic mass is 9.93. The number of nitrogens with zero attached hydrogens (tertiary/aromatic N) is 4. The Morgan fingerprint density at radius 2 is 2.14 bits per heavy atom. The molecule has 1 fully saturated rings. The minimum absolute atomic E-state index is 0.0579. The first-order valence-electron chi connectivity index (χ1n) is 9.97. The Balaban J connectivity index is 1.71. The fourth-order valence-electron chi connectivity index (χ4n) is 4.05. The number of carbonyl (C=O) groups is 1. The molecule has 29 heavy (non-hydrogen) atoms. The lowest BCUT2D eigenvalue weighted by Crippen LogP contribution is -2.39. The number of esters is 1. The third-order valence-electron chi connectivity index (χ3n) is 5.60. The molecule has 0 bridgehead atoms. The third-order valence-corrected chi connectivity index (χ3v) is 6.67. The third kappa shape index (κ3) is 3.74. The van der Waals surface area contributed by atoms with Gasteiger partial charge in [0.2, 0.25) is 10.8 Å². The molecule has 3 aromatic rings. The van der Waals surface area contributed by atoms with Gasteiger partial charge in [-0.1, -0.05) is 48.1 Å². The van der Waals surface area contributed by atoms with Crippen molar-refractivity contribution < 1.29 is 14.6 Å². The van der Waals surface area contributed by atoms with Gasteiger partial charge in [0.05, 0.1) is 23.9 Å². The van der Waals surface area contributed by atoms with E-state index in [2.05, 4.69) is 40.1 Å². The summed E-state index contributed by atoms with van der Waals surface area (Å²) in [6.07, 6.45) is 2.22. The predicted octanol–water partition coefficient (Wildman–Crippen LogP) is 3.34. The van der Waals surface area contributed by atoms with Gasteiger partial charge in [-0.15, -0.1) is 5.10 Å². The quantitative estimate of drug-likeness (QED) is 0.645. The van der Waals surface area contributed by atoms with Crippen LogP contribution in [0.25, 0.3) is 4.96 Å². The highest BCUT2D eigenvalue weighted by Crippen LogP contribution is 2.41. The van der Waals surface area contributed by atoms with Crippen LogP contribution >= 0.6 is 11.3 Å². The Morgan fingerprint density at radius 3 is 2.76 bits per heavy atom. The molecule has 1 unspecified atom stereocenters. The fraction of sp³-hybridized carbons (Fsp3) is 0.476. The number of benzene rings is 1. The molecule has 7 nitrogen and oxygen atoms in total. The van der Waals surface area contributed by atoms with Crippen molar-refractivity contribution in [2.75, 3.05) is 20.2 Å². The van der Waals surface area contributed by atoms with Crippen LogP contribution in [0.3, 0.4) is 0 Å². The van der Waals surface area contributed by atoms with Gasteiger partial charge in [-0.05, 0) is 38.4 Å². The van der Waals surface area contributed by atoms with E-state index in [0.717, 1.165) is 48.6 Å². The highest BCUT2D eigenvalue weighted by Gasteiger charge is 2.34. The lowest BCUT2D eigenvalue weighted by molar-refractivity contribution is -0.147. The minimum atomic E-state index is -0.134. The molecule has 0 saturated carbocycles. The van der Waals surface area contributed by atoms with Gasteiger partial charge >= 0.3 is 5.97 Å². The van der Waals surface area contributed by atoms with Crippen molar-refractivity contribution in [1.29, 1.82) is 0 Å². The number of piperidine rings is 1. The van der Waals surface area contributed by atoms with Crippen molar-refractivity contribution in [3.63, 3.8) is 0 Å². The standard InChI is InChI=1S/C21H26N4O3S/c1-4-16-22-21-25(23-16)19(26)18(29-21)17(15-7-5-6-13(2)12-15)24-10-8-14(9-11-24)20(27)28-3/h5-7,12,14,17,26H,4,8-11H2,1-3H3. The number of hydrogen-bond donors (Lipinski definition) is 1. The summed E-state index contributed by atoms with van der Waals surface area (Å²) < 4.78 is 6.47. The van der Waals surface area contributed by atoms with Crippen molar-refractivity contribution in [3.05, 3.63) is 46.1 Å². The van der Waals surface area contributed by atoms with Crippen LogP contribution in [-0.4, -0.2) is 50.8 Å². The molecular formula is C21H26N4O3S. The first-order chi connectivity index (χ1) is 14.0. The van der Waals surface area contributed by atoms with Crippen molar-refractivity contribution in [1.82, 2.24) is 19.5 Å². The Labute approximate surface area is 173 Å². The van der Waals surface area contributed by atoms with Gasteiger partial charge in [0.15, 0.2) is 5.82 Å². The average Bonchev–Trinajstić information content (AvgIpc) is 3.27. The molecule has 2 aromatic heterocycles. The minimum Gasteiger partial charge on any atom is -0.492 e. The van der Waals surface area contributed by atoms with Crippen LogP contribution in [-0.2, 0) is 16.0 Å². The Bertz CT molecular complexity index is 1020. The molecular weight excluding hydrogens is 388 g/mol. The summed E-state index contributed by atoms with van der Waals surface area (Å²) in [5.74, 6) is 0.686. The summed E-state index contributed by atoms with van der Waals surface area (Å²) in [5, 5.41) is 15.4. The highest BCUT2D eigenvalue weighted by atomic mass is 32.1. The van der Waals surface area contributed by atoms with Crippen molar-refractivity contribution in [3.8, 4) is 5.88 Å². The zero-order chi connectivity index (χ0) is 20.5. The number of aryl methyl sites for hydroxylation is 2. The number of fused-ring (bicyclic) bond motifs is 1. The molecule has 0 amide bonds. The molecule has 1 aliphatic heterocycles. The first-order valence-corrected chi connectivity index (χ1v) is 10.8. The number of rotatable bonds is 5. The van der Waals surface area contributed by atoms with Crippen molar-refractivity contribution in [2.45, 2.75) is 39.2 Å². The first kappa shape index (κ1) is 19.8. The van der Waals surface area contributed by atoms with Crippen LogP contribution < -0.4 is 0 Å². The second kappa shape index (κ2) is 8.12. The number of likely N-dealkylation sites (tertiary alicyclic amines) is 1. The van der Waals surface area contributed by atoms with E-state index in [-0.39, 0.29) is 23.8 Å². The molecule has 3 heterocycles. The van der Waals surface area contributed by atoms with Gasteiger partial charge in [0.25, 0.3) is 0 Å². The maximum Gasteiger partial charge on any atom is 0.308 e. The number of thiazole rings is 1. The predicted molar refractivity (Wildman–Crippen MR) is 111 cm³/mol. The molecule has 1 saturated heterocycles. The summed E-state index contributed by atoms with van der Waals surface area (Å²) in [5.41, 5.74) is 2.29. The van der Waals surface area contributed by atoms with Gasteiger partial charge in [0.1, 0.15) is 0 Å². The topological polar surface area (TPSA) is 80.0 Å². The van der Waals surface area contributed by atoms with Gasteiger partial charge < -0.3 is 9.84 Å². The van der Waals surface area contributed by atoms with E-state index in [4.69, 9.17) is 4.74 Å². The van der Waals surface area contributed by atoms with Gasteiger partial charge in [-0.2, -0.15) is 4.52 Å². The smallest absolute Gasteiger partial charge is 0.308 e. The average molecular weight is 415 g/mol. The summed E-state index contributed by atoms with van der Waals surface area (Å²) in [6.45, 7) is 5.58. The second-order valence-corrected chi connectivity index (χ2v) is 8.53. The van der Waals surface area contributed by atoms with Crippen molar-refractivity contribution >= 4 is 22.3 Å². The molecule has 0 spiro atoms. The van der Waals surface area contributed by atoms with E-state index >= 15 is 0 Å². The molecule has 154 valence electrons. The number of aromatic nitrogens is 3. The Kier molecular flexibility index (Phi) is 5.56. The fourth-order valence-corrected chi connectivity index (χ4v) is 5.18.